The Labute approximate surface area is 62.9 Å². The summed E-state index contributed by atoms with van der Waals surface area (Å²) in [7, 11) is 2.15. The third kappa shape index (κ3) is 1.39. The maximum atomic E-state index is 3.76. The molecule has 1 aliphatic rings. The van der Waals surface area contributed by atoms with Crippen LogP contribution in [0.1, 0.15) is 6.92 Å². The highest BCUT2D eigenvalue weighted by atomic mass is 15.2. The molecule has 0 aliphatic carbocycles. The van der Waals surface area contributed by atoms with Crippen LogP contribution in [-0.2, 0) is 0 Å². The van der Waals surface area contributed by atoms with Crippen molar-refractivity contribution in [3.63, 3.8) is 0 Å². The number of hydrogen-bond acceptors (Lipinski definition) is 2. The minimum atomic E-state index is 0.507. The fraction of sp³-hybridized carbons (Fsp3) is 0.750. The topological polar surface area (TPSA) is 15.3 Å². The molecule has 1 atom stereocenters. The molecule has 1 heterocycles. The molecule has 1 rings (SSSR count). The van der Waals surface area contributed by atoms with E-state index in [9.17, 15) is 0 Å². The molecule has 1 unspecified atom stereocenters. The van der Waals surface area contributed by atoms with Crippen LogP contribution in [0.15, 0.2) is 12.7 Å². The Hall–Kier alpha value is -0.340. The van der Waals surface area contributed by atoms with Crippen molar-refractivity contribution in [2.75, 3.05) is 20.1 Å². The Balaban J connectivity index is 2.31. The van der Waals surface area contributed by atoms with E-state index < -0.39 is 0 Å². The summed E-state index contributed by atoms with van der Waals surface area (Å²) in [5.74, 6) is 0. The first kappa shape index (κ1) is 7.76. The molecule has 0 bridgehead atoms. The Morgan fingerprint density at radius 3 is 2.60 bits per heavy atom. The third-order valence-corrected chi connectivity index (χ3v) is 2.32. The molecule has 0 spiro atoms. The summed E-state index contributed by atoms with van der Waals surface area (Å²) in [5, 5.41) is 3.25. The van der Waals surface area contributed by atoms with Gasteiger partial charge < -0.3 is 5.32 Å². The second kappa shape index (κ2) is 3.17. The molecule has 0 radical (unpaired) electrons. The Kier molecular flexibility index (Phi) is 2.46. The zero-order valence-electron chi connectivity index (χ0n) is 6.80. The van der Waals surface area contributed by atoms with E-state index in [4.69, 9.17) is 0 Å². The van der Waals surface area contributed by atoms with Gasteiger partial charge in [-0.05, 0) is 14.0 Å². The van der Waals surface area contributed by atoms with Crippen molar-refractivity contribution < 1.29 is 0 Å². The second-order valence-electron chi connectivity index (χ2n) is 2.95. The predicted octanol–water partition coefficient (Wildman–Crippen LogP) is 0.464. The third-order valence-electron chi connectivity index (χ3n) is 2.32. The van der Waals surface area contributed by atoms with Crippen molar-refractivity contribution in [3.05, 3.63) is 12.7 Å². The van der Waals surface area contributed by atoms with Crippen LogP contribution in [0.4, 0.5) is 0 Å². The van der Waals surface area contributed by atoms with Gasteiger partial charge in [0, 0.05) is 25.2 Å². The SMILES string of the molecule is C=CC(C)N(C)C1CNC1. The summed E-state index contributed by atoms with van der Waals surface area (Å²) in [6, 6.07) is 1.24. The van der Waals surface area contributed by atoms with Gasteiger partial charge in [-0.2, -0.15) is 0 Å². The maximum absolute atomic E-state index is 3.76. The number of hydrogen-bond donors (Lipinski definition) is 1. The quantitative estimate of drug-likeness (QED) is 0.573. The Bertz CT molecular complexity index is 118. The molecule has 2 heteroatoms. The van der Waals surface area contributed by atoms with E-state index in [0.717, 1.165) is 19.1 Å². The highest BCUT2D eigenvalue weighted by Crippen LogP contribution is 2.06. The van der Waals surface area contributed by atoms with Gasteiger partial charge in [-0.25, -0.2) is 0 Å². The molecule has 2 nitrogen and oxygen atoms in total. The Morgan fingerprint density at radius 2 is 2.30 bits per heavy atom. The number of nitrogens with one attached hydrogen (secondary N) is 1. The summed E-state index contributed by atoms with van der Waals surface area (Å²) < 4.78 is 0. The lowest BCUT2D eigenvalue weighted by Gasteiger charge is -2.38. The highest BCUT2D eigenvalue weighted by molar-refractivity contribution is 4.91. The normalized spacial score (nSPS) is 22.3. The van der Waals surface area contributed by atoms with Crippen molar-refractivity contribution in [1.29, 1.82) is 0 Å². The van der Waals surface area contributed by atoms with Crippen LogP contribution in [0.5, 0.6) is 0 Å². The first-order valence-electron chi connectivity index (χ1n) is 3.81. The molecule has 58 valence electrons. The molecule has 0 aromatic rings. The van der Waals surface area contributed by atoms with Crippen molar-refractivity contribution >= 4 is 0 Å². The molecule has 0 aromatic carbocycles. The van der Waals surface area contributed by atoms with Gasteiger partial charge in [-0.15, -0.1) is 6.58 Å². The molecular weight excluding hydrogens is 124 g/mol. The van der Waals surface area contributed by atoms with Gasteiger partial charge >= 0.3 is 0 Å². The van der Waals surface area contributed by atoms with Crippen molar-refractivity contribution in [2.24, 2.45) is 0 Å². The van der Waals surface area contributed by atoms with Gasteiger partial charge in [0.1, 0.15) is 0 Å². The van der Waals surface area contributed by atoms with Crippen LogP contribution in [-0.4, -0.2) is 37.1 Å². The van der Waals surface area contributed by atoms with Gasteiger partial charge in [0.25, 0.3) is 0 Å². The maximum Gasteiger partial charge on any atom is 0.0348 e. The average Bonchev–Trinajstić information content (AvgIpc) is 1.82. The fourth-order valence-electron chi connectivity index (χ4n) is 1.06. The largest absolute Gasteiger partial charge is 0.314 e. The van der Waals surface area contributed by atoms with E-state index in [1.807, 2.05) is 6.08 Å². The van der Waals surface area contributed by atoms with Crippen molar-refractivity contribution in [2.45, 2.75) is 19.0 Å². The molecule has 1 N–H and O–H groups in total. The number of nitrogens with zero attached hydrogens (tertiary/aromatic N) is 1. The van der Waals surface area contributed by atoms with E-state index in [0.29, 0.717) is 6.04 Å². The second-order valence-corrected chi connectivity index (χ2v) is 2.95. The highest BCUT2D eigenvalue weighted by Gasteiger charge is 2.23. The van der Waals surface area contributed by atoms with Crippen molar-refractivity contribution in [1.82, 2.24) is 10.2 Å². The molecule has 0 saturated carbocycles. The van der Waals surface area contributed by atoms with E-state index in [2.05, 4.69) is 30.8 Å². The fourth-order valence-corrected chi connectivity index (χ4v) is 1.06. The van der Waals surface area contributed by atoms with Gasteiger partial charge in [0.05, 0.1) is 0 Å². The first-order valence-corrected chi connectivity index (χ1v) is 3.81. The van der Waals surface area contributed by atoms with Crippen LogP contribution in [0.25, 0.3) is 0 Å². The van der Waals surface area contributed by atoms with Crippen LogP contribution in [0.3, 0.4) is 0 Å². The van der Waals surface area contributed by atoms with Crippen LogP contribution >= 0.6 is 0 Å². The van der Waals surface area contributed by atoms with Gasteiger partial charge in [0.15, 0.2) is 0 Å². The smallest absolute Gasteiger partial charge is 0.0348 e. The Morgan fingerprint density at radius 1 is 1.70 bits per heavy atom. The lowest BCUT2D eigenvalue weighted by atomic mass is 10.1. The van der Waals surface area contributed by atoms with E-state index in [1.54, 1.807) is 0 Å². The minimum Gasteiger partial charge on any atom is -0.314 e. The zero-order valence-corrected chi connectivity index (χ0v) is 6.80. The van der Waals surface area contributed by atoms with Crippen LogP contribution in [0.2, 0.25) is 0 Å². The zero-order chi connectivity index (χ0) is 7.56. The van der Waals surface area contributed by atoms with Gasteiger partial charge in [0.2, 0.25) is 0 Å². The van der Waals surface area contributed by atoms with Gasteiger partial charge in [-0.3, -0.25) is 4.90 Å². The average molecular weight is 140 g/mol. The van der Waals surface area contributed by atoms with Crippen LogP contribution < -0.4 is 5.32 Å². The molecule has 0 aromatic heterocycles. The van der Waals surface area contributed by atoms with E-state index in [-0.39, 0.29) is 0 Å². The van der Waals surface area contributed by atoms with Crippen LogP contribution in [0, 0.1) is 0 Å². The minimum absolute atomic E-state index is 0.507. The lowest BCUT2D eigenvalue weighted by molar-refractivity contribution is 0.158. The van der Waals surface area contributed by atoms with Crippen molar-refractivity contribution in [3.8, 4) is 0 Å². The summed E-state index contributed by atoms with van der Waals surface area (Å²) >= 11 is 0. The lowest BCUT2D eigenvalue weighted by Crippen LogP contribution is -2.57. The summed E-state index contributed by atoms with van der Waals surface area (Å²) in [6.07, 6.45) is 1.98. The number of rotatable bonds is 3. The monoisotopic (exact) mass is 140 g/mol. The molecule has 0 amide bonds. The predicted molar refractivity (Wildman–Crippen MR) is 44.1 cm³/mol. The standard InChI is InChI=1S/C8H16N2/c1-4-7(2)10(3)8-5-9-6-8/h4,7-9H,1,5-6H2,2-3H3. The van der Waals surface area contributed by atoms with E-state index in [1.165, 1.54) is 0 Å². The molecule has 10 heavy (non-hydrogen) atoms. The molecular formula is C8H16N2. The summed E-state index contributed by atoms with van der Waals surface area (Å²) in [4.78, 5) is 2.35. The molecule has 1 aliphatic heterocycles. The number of likely N-dealkylation sites (N-methyl/N-ethyl adjacent to an activating group) is 1. The first-order chi connectivity index (χ1) is 4.75. The summed E-state index contributed by atoms with van der Waals surface area (Å²) in [5.41, 5.74) is 0. The van der Waals surface area contributed by atoms with E-state index >= 15 is 0 Å². The van der Waals surface area contributed by atoms with Gasteiger partial charge in [-0.1, -0.05) is 6.08 Å². The molecule has 1 saturated heterocycles. The summed E-state index contributed by atoms with van der Waals surface area (Å²) in [6.45, 7) is 8.20. The molecule has 1 fully saturated rings.